The van der Waals surface area contributed by atoms with E-state index in [0.717, 1.165) is 40.9 Å². The highest BCUT2D eigenvalue weighted by Gasteiger charge is 2.28. The highest BCUT2D eigenvalue weighted by Crippen LogP contribution is 2.38. The van der Waals surface area contributed by atoms with Crippen LogP contribution in [0.25, 0.3) is 10.9 Å². The summed E-state index contributed by atoms with van der Waals surface area (Å²) >= 11 is 0. The second-order valence-electron chi connectivity index (χ2n) is 6.75. The summed E-state index contributed by atoms with van der Waals surface area (Å²) in [6.45, 7) is 7.73. The number of rotatable bonds is 3. The van der Waals surface area contributed by atoms with Crippen molar-refractivity contribution in [3.63, 3.8) is 0 Å². The van der Waals surface area contributed by atoms with Crippen LogP contribution in [0.5, 0.6) is 5.75 Å². The zero-order valence-electron chi connectivity index (χ0n) is 14.9. The molecule has 0 saturated heterocycles. The SMILES string of the molecule is CCOc1cc(C)c(C)cc1C1NCCc2c1[nH]c1ccc(F)cc21. The van der Waals surface area contributed by atoms with Gasteiger partial charge in [0.1, 0.15) is 11.6 Å². The molecular weight excluding hydrogens is 315 g/mol. The lowest BCUT2D eigenvalue weighted by Gasteiger charge is -2.27. The Kier molecular flexibility index (Phi) is 4.00. The molecule has 3 aromatic rings. The molecule has 2 aromatic carbocycles. The van der Waals surface area contributed by atoms with Crippen molar-refractivity contribution < 1.29 is 9.13 Å². The molecule has 1 aliphatic rings. The molecule has 4 rings (SSSR count). The Labute approximate surface area is 147 Å². The predicted octanol–water partition coefficient (Wildman–Crippen LogP) is 4.56. The maximum absolute atomic E-state index is 13.7. The second kappa shape index (κ2) is 6.19. The molecule has 0 saturated carbocycles. The van der Waals surface area contributed by atoms with Crippen molar-refractivity contribution in [2.24, 2.45) is 0 Å². The van der Waals surface area contributed by atoms with Crippen LogP contribution in [-0.4, -0.2) is 18.1 Å². The fourth-order valence-electron chi connectivity index (χ4n) is 3.78. The molecule has 0 aliphatic carbocycles. The van der Waals surface area contributed by atoms with E-state index in [1.807, 2.05) is 13.0 Å². The van der Waals surface area contributed by atoms with Crippen molar-refractivity contribution in [3.05, 3.63) is 64.1 Å². The number of benzene rings is 2. The van der Waals surface area contributed by atoms with E-state index in [1.54, 1.807) is 6.07 Å². The number of fused-ring (bicyclic) bond motifs is 3. The van der Waals surface area contributed by atoms with Crippen molar-refractivity contribution >= 4 is 10.9 Å². The number of hydrogen-bond acceptors (Lipinski definition) is 2. The molecular formula is C21H23FN2O. The highest BCUT2D eigenvalue weighted by molar-refractivity contribution is 5.85. The Hall–Kier alpha value is -2.33. The Morgan fingerprint density at radius 1 is 1.16 bits per heavy atom. The van der Waals surface area contributed by atoms with Gasteiger partial charge in [-0.15, -0.1) is 0 Å². The zero-order valence-corrected chi connectivity index (χ0v) is 14.9. The molecule has 0 radical (unpaired) electrons. The maximum atomic E-state index is 13.7. The maximum Gasteiger partial charge on any atom is 0.124 e. The molecule has 0 fully saturated rings. The Morgan fingerprint density at radius 3 is 2.76 bits per heavy atom. The largest absolute Gasteiger partial charge is 0.494 e. The van der Waals surface area contributed by atoms with Crippen LogP contribution < -0.4 is 10.1 Å². The first-order chi connectivity index (χ1) is 12.1. The number of aromatic amines is 1. The lowest BCUT2D eigenvalue weighted by Crippen LogP contribution is -2.31. The van der Waals surface area contributed by atoms with E-state index in [-0.39, 0.29) is 11.9 Å². The summed E-state index contributed by atoms with van der Waals surface area (Å²) in [5.41, 5.74) is 6.92. The number of halogens is 1. The van der Waals surface area contributed by atoms with Gasteiger partial charge in [0.05, 0.1) is 12.6 Å². The third-order valence-corrected chi connectivity index (χ3v) is 5.15. The predicted molar refractivity (Wildman–Crippen MR) is 98.9 cm³/mol. The summed E-state index contributed by atoms with van der Waals surface area (Å²) in [4.78, 5) is 3.51. The number of hydrogen-bond donors (Lipinski definition) is 2. The van der Waals surface area contributed by atoms with Gasteiger partial charge in [0, 0.05) is 28.7 Å². The first-order valence-electron chi connectivity index (χ1n) is 8.85. The van der Waals surface area contributed by atoms with E-state index >= 15 is 0 Å². The standard InChI is InChI=1S/C21H23FN2O/c1-4-25-19-10-13(3)12(2)9-17(19)20-21-15(7-8-23-20)16-11-14(22)5-6-18(16)24-21/h5-6,9-11,20,23-24H,4,7-8H2,1-3H3. The normalized spacial score (nSPS) is 16.9. The number of aryl methyl sites for hydroxylation is 2. The van der Waals surface area contributed by atoms with Crippen molar-refractivity contribution in [2.75, 3.05) is 13.2 Å². The molecule has 2 heterocycles. The van der Waals surface area contributed by atoms with Gasteiger partial charge < -0.3 is 15.0 Å². The highest BCUT2D eigenvalue weighted by atomic mass is 19.1. The van der Waals surface area contributed by atoms with Gasteiger partial charge in [0.25, 0.3) is 0 Å². The lowest BCUT2D eigenvalue weighted by atomic mass is 9.92. The van der Waals surface area contributed by atoms with Crippen LogP contribution in [0, 0.1) is 19.7 Å². The zero-order chi connectivity index (χ0) is 17.6. The summed E-state index contributed by atoms with van der Waals surface area (Å²) in [5.74, 6) is 0.728. The van der Waals surface area contributed by atoms with Gasteiger partial charge in [-0.1, -0.05) is 6.07 Å². The van der Waals surface area contributed by atoms with Crippen LogP contribution in [0.4, 0.5) is 4.39 Å². The van der Waals surface area contributed by atoms with Crippen LogP contribution >= 0.6 is 0 Å². The topological polar surface area (TPSA) is 37.0 Å². The van der Waals surface area contributed by atoms with Crippen LogP contribution in [-0.2, 0) is 6.42 Å². The van der Waals surface area contributed by atoms with Crippen molar-refractivity contribution in [2.45, 2.75) is 33.2 Å². The quantitative estimate of drug-likeness (QED) is 0.735. The molecule has 0 amide bonds. The summed E-state index contributed by atoms with van der Waals surface area (Å²) in [6, 6.07) is 9.32. The smallest absolute Gasteiger partial charge is 0.124 e. The van der Waals surface area contributed by atoms with Gasteiger partial charge in [-0.3, -0.25) is 0 Å². The van der Waals surface area contributed by atoms with E-state index in [4.69, 9.17) is 4.74 Å². The average molecular weight is 338 g/mol. The van der Waals surface area contributed by atoms with Gasteiger partial charge >= 0.3 is 0 Å². The van der Waals surface area contributed by atoms with E-state index in [1.165, 1.54) is 22.8 Å². The van der Waals surface area contributed by atoms with Gasteiger partial charge in [0.15, 0.2) is 0 Å². The number of aromatic nitrogens is 1. The van der Waals surface area contributed by atoms with Crippen LogP contribution in [0.15, 0.2) is 30.3 Å². The monoisotopic (exact) mass is 338 g/mol. The van der Waals surface area contributed by atoms with Gasteiger partial charge in [0.2, 0.25) is 0 Å². The number of nitrogens with one attached hydrogen (secondary N) is 2. The minimum absolute atomic E-state index is 0.0278. The summed E-state index contributed by atoms with van der Waals surface area (Å²) in [7, 11) is 0. The van der Waals surface area contributed by atoms with Crippen LogP contribution in [0.1, 0.15) is 40.9 Å². The third-order valence-electron chi connectivity index (χ3n) is 5.15. The first-order valence-corrected chi connectivity index (χ1v) is 8.85. The van der Waals surface area contributed by atoms with E-state index in [2.05, 4.69) is 36.3 Å². The number of ether oxygens (including phenoxy) is 1. The minimum atomic E-state index is -0.189. The second-order valence-corrected chi connectivity index (χ2v) is 6.75. The Bertz CT molecular complexity index is 945. The molecule has 4 heteroatoms. The summed E-state index contributed by atoms with van der Waals surface area (Å²) in [6.07, 6.45) is 0.893. The molecule has 1 aliphatic heterocycles. The molecule has 1 aromatic heterocycles. The first kappa shape index (κ1) is 16.2. The van der Waals surface area contributed by atoms with Crippen molar-refractivity contribution in [1.82, 2.24) is 10.3 Å². The van der Waals surface area contributed by atoms with Gasteiger partial charge in [-0.2, -0.15) is 0 Å². The third kappa shape index (κ3) is 2.71. The Balaban J connectivity index is 1.89. The van der Waals surface area contributed by atoms with Crippen LogP contribution in [0.2, 0.25) is 0 Å². The molecule has 3 nitrogen and oxygen atoms in total. The summed E-state index contributed by atoms with van der Waals surface area (Å²) < 4.78 is 19.6. The summed E-state index contributed by atoms with van der Waals surface area (Å²) in [5, 5.41) is 4.60. The molecule has 1 atom stereocenters. The molecule has 130 valence electrons. The van der Waals surface area contributed by atoms with E-state index < -0.39 is 0 Å². The Morgan fingerprint density at radius 2 is 1.96 bits per heavy atom. The molecule has 0 bridgehead atoms. The van der Waals surface area contributed by atoms with Crippen molar-refractivity contribution in [1.29, 1.82) is 0 Å². The fourth-order valence-corrected chi connectivity index (χ4v) is 3.78. The fraction of sp³-hybridized carbons (Fsp3) is 0.333. The average Bonchev–Trinajstić information content (AvgIpc) is 2.96. The lowest BCUT2D eigenvalue weighted by molar-refractivity contribution is 0.332. The van der Waals surface area contributed by atoms with E-state index in [9.17, 15) is 4.39 Å². The van der Waals surface area contributed by atoms with Gasteiger partial charge in [-0.05, 0) is 68.1 Å². The molecule has 0 spiro atoms. The van der Waals surface area contributed by atoms with Crippen molar-refractivity contribution in [3.8, 4) is 5.75 Å². The minimum Gasteiger partial charge on any atom is -0.494 e. The van der Waals surface area contributed by atoms with Crippen LogP contribution in [0.3, 0.4) is 0 Å². The molecule has 25 heavy (non-hydrogen) atoms. The van der Waals surface area contributed by atoms with Gasteiger partial charge in [-0.25, -0.2) is 4.39 Å². The number of H-pyrrole nitrogens is 1. The molecule has 2 N–H and O–H groups in total. The molecule has 1 unspecified atom stereocenters. The van der Waals surface area contributed by atoms with E-state index in [0.29, 0.717) is 6.61 Å².